The van der Waals surface area contributed by atoms with Gasteiger partial charge in [0, 0.05) is 37.5 Å². The highest BCUT2D eigenvalue weighted by molar-refractivity contribution is 5.79. The Morgan fingerprint density at radius 2 is 1.82 bits per heavy atom. The third-order valence-corrected chi connectivity index (χ3v) is 7.85. The van der Waals surface area contributed by atoms with Crippen molar-refractivity contribution in [1.29, 1.82) is 0 Å². The number of fused-ring (bicyclic) bond motifs is 2. The molecule has 1 spiro atoms. The van der Waals surface area contributed by atoms with Gasteiger partial charge >= 0.3 is 0 Å². The highest BCUT2D eigenvalue weighted by Crippen LogP contribution is 2.52. The van der Waals surface area contributed by atoms with E-state index in [4.69, 9.17) is 4.74 Å². The predicted octanol–water partition coefficient (Wildman–Crippen LogP) is 3.91. The number of likely N-dealkylation sites (tertiary alicyclic amines) is 1. The zero-order valence-corrected chi connectivity index (χ0v) is 19.3. The Labute approximate surface area is 195 Å². The van der Waals surface area contributed by atoms with E-state index in [0.717, 1.165) is 50.0 Å². The summed E-state index contributed by atoms with van der Waals surface area (Å²) < 4.78 is 6.59. The summed E-state index contributed by atoms with van der Waals surface area (Å²) in [6.07, 6.45) is 7.65. The number of rotatable bonds is 5. The van der Waals surface area contributed by atoms with E-state index in [1.54, 1.807) is 13.1 Å². The monoisotopic (exact) mass is 447 g/mol. The molecule has 2 aromatic rings. The molecule has 1 saturated heterocycles. The third kappa shape index (κ3) is 4.17. The first-order valence-electron chi connectivity index (χ1n) is 12.3. The van der Waals surface area contributed by atoms with Crippen molar-refractivity contribution in [2.75, 3.05) is 13.1 Å². The summed E-state index contributed by atoms with van der Waals surface area (Å²) in [5.74, 6) is 0.475. The highest BCUT2D eigenvalue weighted by Gasteiger charge is 2.54. The normalized spacial score (nSPS) is 24.1. The Bertz CT molecular complexity index is 995. The van der Waals surface area contributed by atoms with Gasteiger partial charge in [-0.3, -0.25) is 14.6 Å². The largest absolute Gasteiger partial charge is 0.368 e. The van der Waals surface area contributed by atoms with Crippen molar-refractivity contribution in [1.82, 2.24) is 15.2 Å². The van der Waals surface area contributed by atoms with Gasteiger partial charge in [0.1, 0.15) is 0 Å². The molecule has 1 N–H and O–H groups in total. The quantitative estimate of drug-likeness (QED) is 0.754. The molecule has 6 heteroatoms. The van der Waals surface area contributed by atoms with Crippen LogP contribution in [0.4, 0.5) is 0 Å². The van der Waals surface area contributed by atoms with Crippen LogP contribution in [-0.2, 0) is 26.3 Å². The van der Waals surface area contributed by atoms with Crippen molar-refractivity contribution in [3.05, 3.63) is 65.5 Å². The lowest BCUT2D eigenvalue weighted by Gasteiger charge is -2.45. The maximum absolute atomic E-state index is 13.1. The van der Waals surface area contributed by atoms with Gasteiger partial charge in [-0.05, 0) is 48.9 Å². The van der Waals surface area contributed by atoms with Crippen molar-refractivity contribution in [3.63, 3.8) is 0 Å². The van der Waals surface area contributed by atoms with E-state index in [9.17, 15) is 9.59 Å². The number of ether oxygens (including phenoxy) is 1. The molecule has 0 unspecified atom stereocenters. The number of pyridine rings is 1. The van der Waals surface area contributed by atoms with Crippen LogP contribution in [0.5, 0.6) is 0 Å². The maximum atomic E-state index is 13.1. The minimum atomic E-state index is -0.231. The molecule has 2 amide bonds. The number of nitrogens with one attached hydrogen (secondary N) is 1. The maximum Gasteiger partial charge on any atom is 0.225 e. The van der Waals surface area contributed by atoms with Gasteiger partial charge in [-0.2, -0.15) is 0 Å². The molecule has 2 heterocycles. The second kappa shape index (κ2) is 9.26. The lowest BCUT2D eigenvalue weighted by molar-refractivity contribution is -0.138. The van der Waals surface area contributed by atoms with E-state index < -0.39 is 0 Å². The molecule has 6 nitrogen and oxygen atoms in total. The zero-order chi connectivity index (χ0) is 22.8. The average molecular weight is 448 g/mol. The van der Waals surface area contributed by atoms with Gasteiger partial charge in [0.05, 0.1) is 24.4 Å². The van der Waals surface area contributed by atoms with E-state index >= 15 is 0 Å². The molecule has 1 aliphatic heterocycles. The molecule has 0 bridgehead atoms. The van der Waals surface area contributed by atoms with Gasteiger partial charge < -0.3 is 15.0 Å². The first-order chi connectivity index (χ1) is 16.1. The minimum absolute atomic E-state index is 0.0628. The number of aromatic nitrogens is 1. The second-order valence-electron chi connectivity index (χ2n) is 9.78. The van der Waals surface area contributed by atoms with Gasteiger partial charge in [0.25, 0.3) is 0 Å². The summed E-state index contributed by atoms with van der Waals surface area (Å²) in [4.78, 5) is 31.7. The van der Waals surface area contributed by atoms with Gasteiger partial charge in [-0.1, -0.05) is 43.2 Å². The van der Waals surface area contributed by atoms with Gasteiger partial charge in [-0.15, -0.1) is 0 Å². The molecular formula is C27H33N3O3. The molecule has 2 fully saturated rings. The van der Waals surface area contributed by atoms with Crippen LogP contribution in [0.2, 0.25) is 0 Å². The summed E-state index contributed by atoms with van der Waals surface area (Å²) in [5, 5.41) is 3.17. The van der Waals surface area contributed by atoms with Gasteiger partial charge in [0.15, 0.2) is 0 Å². The Hall–Kier alpha value is -2.73. The molecule has 2 aliphatic carbocycles. The molecule has 1 aromatic carbocycles. The average Bonchev–Trinajstić information content (AvgIpc) is 3.46. The van der Waals surface area contributed by atoms with Crippen LogP contribution in [0.3, 0.4) is 0 Å². The fourth-order valence-electron chi connectivity index (χ4n) is 6.25. The van der Waals surface area contributed by atoms with Crippen LogP contribution in [0.15, 0.2) is 48.7 Å². The number of benzene rings is 1. The molecule has 33 heavy (non-hydrogen) atoms. The Balaban J connectivity index is 1.42. The Kier molecular flexibility index (Phi) is 6.19. The van der Waals surface area contributed by atoms with Crippen molar-refractivity contribution >= 4 is 11.8 Å². The number of piperidine rings is 1. The van der Waals surface area contributed by atoms with Crippen molar-refractivity contribution in [2.45, 2.75) is 69.6 Å². The minimum Gasteiger partial charge on any atom is -0.368 e. The summed E-state index contributed by atoms with van der Waals surface area (Å²) in [7, 11) is 0. The van der Waals surface area contributed by atoms with Gasteiger partial charge in [-0.25, -0.2) is 0 Å². The predicted molar refractivity (Wildman–Crippen MR) is 125 cm³/mol. The Morgan fingerprint density at radius 1 is 1.09 bits per heavy atom. The third-order valence-electron chi connectivity index (χ3n) is 7.85. The van der Waals surface area contributed by atoms with E-state index in [2.05, 4.69) is 33.4 Å². The summed E-state index contributed by atoms with van der Waals surface area (Å²) in [5.41, 5.74) is 3.03. The highest BCUT2D eigenvalue weighted by atomic mass is 16.5. The lowest BCUT2D eigenvalue weighted by Crippen LogP contribution is -2.52. The molecular weight excluding hydrogens is 414 g/mol. The number of nitrogens with zero attached hydrogens (tertiary/aromatic N) is 2. The van der Waals surface area contributed by atoms with Crippen LogP contribution in [0.1, 0.15) is 68.3 Å². The number of carbonyl (C=O) groups is 2. The first-order valence-corrected chi connectivity index (χ1v) is 12.3. The molecule has 1 saturated carbocycles. The topological polar surface area (TPSA) is 71.5 Å². The van der Waals surface area contributed by atoms with E-state index in [-0.39, 0.29) is 29.4 Å². The molecule has 1 aromatic heterocycles. The molecule has 174 valence electrons. The van der Waals surface area contributed by atoms with Crippen LogP contribution in [-0.4, -0.2) is 40.9 Å². The fraction of sp³-hybridized carbons (Fsp3) is 0.519. The van der Waals surface area contributed by atoms with Crippen molar-refractivity contribution in [3.8, 4) is 0 Å². The van der Waals surface area contributed by atoms with E-state index in [0.29, 0.717) is 12.5 Å². The van der Waals surface area contributed by atoms with Crippen molar-refractivity contribution < 1.29 is 14.3 Å². The summed E-state index contributed by atoms with van der Waals surface area (Å²) >= 11 is 0. The van der Waals surface area contributed by atoms with E-state index in [1.807, 2.05) is 24.3 Å². The zero-order valence-electron chi connectivity index (χ0n) is 19.3. The van der Waals surface area contributed by atoms with Crippen LogP contribution in [0.25, 0.3) is 0 Å². The second-order valence-corrected chi connectivity index (χ2v) is 9.78. The van der Waals surface area contributed by atoms with Crippen molar-refractivity contribution in [2.24, 2.45) is 5.92 Å². The van der Waals surface area contributed by atoms with Gasteiger partial charge in [0.2, 0.25) is 11.8 Å². The Morgan fingerprint density at radius 3 is 2.52 bits per heavy atom. The van der Waals surface area contributed by atoms with Crippen LogP contribution >= 0.6 is 0 Å². The SMILES string of the molecule is CC(=O)N[C@@H]1c2ccccc2C2(CCN(C(=O)C3CCCC3)CC2)[C@H]1OCc1ccccn1. The first kappa shape index (κ1) is 22.1. The van der Waals surface area contributed by atoms with E-state index in [1.165, 1.54) is 18.4 Å². The lowest BCUT2D eigenvalue weighted by atomic mass is 9.71. The fourth-order valence-corrected chi connectivity index (χ4v) is 6.25. The van der Waals surface area contributed by atoms with Crippen LogP contribution < -0.4 is 5.32 Å². The molecule has 5 rings (SSSR count). The molecule has 0 radical (unpaired) electrons. The number of carbonyl (C=O) groups excluding carboxylic acids is 2. The smallest absolute Gasteiger partial charge is 0.225 e. The standard InChI is InChI=1S/C27H33N3O3/c1-19(31)29-24-22-11-4-5-12-23(22)27(25(24)33-18-21-10-6-7-15-28-21)13-16-30(17-14-27)26(32)20-8-2-3-9-20/h4-7,10-12,15,20,24-25H,2-3,8-9,13-14,16-18H2,1H3,(H,29,31)/t24-,25+/m1/s1. The van der Waals surface area contributed by atoms with Crippen LogP contribution in [0, 0.1) is 5.92 Å². The summed E-state index contributed by atoms with van der Waals surface area (Å²) in [6.45, 7) is 3.42. The summed E-state index contributed by atoms with van der Waals surface area (Å²) in [6, 6.07) is 14.0. The molecule has 2 atom stereocenters. The molecule has 3 aliphatic rings. The number of hydrogen-bond donors (Lipinski definition) is 1. The number of hydrogen-bond acceptors (Lipinski definition) is 4. The number of amides is 2.